The van der Waals surface area contributed by atoms with Crippen LogP contribution in [0.2, 0.25) is 0 Å². The number of piperazine rings is 1. The van der Waals surface area contributed by atoms with Gasteiger partial charge in [-0.25, -0.2) is 9.97 Å². The highest BCUT2D eigenvalue weighted by molar-refractivity contribution is 5.65. The third-order valence-corrected chi connectivity index (χ3v) is 4.61. The molecule has 1 aromatic carbocycles. The van der Waals surface area contributed by atoms with Gasteiger partial charge in [-0.1, -0.05) is 12.1 Å². The number of anilines is 1. The lowest BCUT2D eigenvalue weighted by atomic mass is 10.2. The van der Waals surface area contributed by atoms with E-state index in [1.165, 1.54) is 0 Å². The number of aromatic hydroxyl groups is 1. The summed E-state index contributed by atoms with van der Waals surface area (Å²) in [5, 5.41) is 18.1. The smallest absolute Gasteiger partial charge is 0.230 e. The minimum Gasteiger partial charge on any atom is -0.507 e. The summed E-state index contributed by atoms with van der Waals surface area (Å²) in [5.41, 5.74) is 1.52. The second kappa shape index (κ2) is 7.32. The van der Waals surface area contributed by atoms with Crippen molar-refractivity contribution < 1.29 is 9.52 Å². The Morgan fingerprint density at radius 2 is 1.81 bits per heavy atom. The van der Waals surface area contributed by atoms with Crippen LogP contribution in [-0.4, -0.2) is 56.4 Å². The Kier molecular flexibility index (Phi) is 4.72. The molecule has 140 valence electrons. The van der Waals surface area contributed by atoms with Crippen molar-refractivity contribution in [1.29, 1.82) is 0 Å². The van der Waals surface area contributed by atoms with E-state index in [4.69, 9.17) is 9.40 Å². The van der Waals surface area contributed by atoms with Crippen LogP contribution in [0.25, 0.3) is 11.4 Å². The van der Waals surface area contributed by atoms with Crippen LogP contribution in [0.15, 0.2) is 34.7 Å². The number of hydrogen-bond acceptors (Lipinski definition) is 8. The molecular weight excluding hydrogens is 344 g/mol. The minimum absolute atomic E-state index is 0.189. The zero-order chi connectivity index (χ0) is 18.8. The van der Waals surface area contributed by atoms with Crippen molar-refractivity contribution in [2.75, 3.05) is 31.1 Å². The standard InChI is InChI=1S/C19H22N6O2/c1-13-11-17(21-19(20-13)15-5-3-4-6-16(15)26)25-9-7-24(8-10-25)12-18-23-22-14(2)27-18/h3-6,11,26H,7-10,12H2,1-2H3. The lowest BCUT2D eigenvalue weighted by Crippen LogP contribution is -2.46. The van der Waals surface area contributed by atoms with Crippen molar-refractivity contribution in [3.05, 3.63) is 47.8 Å². The molecule has 8 nitrogen and oxygen atoms in total. The maximum atomic E-state index is 10.1. The fourth-order valence-electron chi connectivity index (χ4n) is 3.22. The Morgan fingerprint density at radius 1 is 1.04 bits per heavy atom. The third kappa shape index (κ3) is 3.90. The highest BCUT2D eigenvalue weighted by atomic mass is 16.4. The molecule has 0 aliphatic carbocycles. The molecule has 8 heteroatoms. The van der Waals surface area contributed by atoms with Crippen molar-refractivity contribution in [1.82, 2.24) is 25.1 Å². The first-order chi connectivity index (χ1) is 13.1. The fourth-order valence-corrected chi connectivity index (χ4v) is 3.22. The number of para-hydroxylation sites is 1. The molecule has 27 heavy (non-hydrogen) atoms. The van der Waals surface area contributed by atoms with Gasteiger partial charge in [0.25, 0.3) is 0 Å². The number of aromatic nitrogens is 4. The van der Waals surface area contributed by atoms with Gasteiger partial charge < -0.3 is 14.4 Å². The molecule has 0 saturated carbocycles. The Morgan fingerprint density at radius 3 is 2.52 bits per heavy atom. The van der Waals surface area contributed by atoms with E-state index >= 15 is 0 Å². The summed E-state index contributed by atoms with van der Waals surface area (Å²) in [5.74, 6) is 2.87. The van der Waals surface area contributed by atoms with E-state index in [0.29, 0.717) is 29.7 Å². The second-order valence-electron chi connectivity index (χ2n) is 6.69. The van der Waals surface area contributed by atoms with Gasteiger partial charge in [-0.2, -0.15) is 0 Å². The maximum absolute atomic E-state index is 10.1. The molecule has 1 fully saturated rings. The summed E-state index contributed by atoms with van der Waals surface area (Å²) in [7, 11) is 0. The SMILES string of the molecule is Cc1cc(N2CCN(Cc3nnc(C)o3)CC2)nc(-c2ccccc2O)n1. The molecule has 0 atom stereocenters. The van der Waals surface area contributed by atoms with E-state index in [2.05, 4.69) is 25.0 Å². The van der Waals surface area contributed by atoms with E-state index < -0.39 is 0 Å². The second-order valence-corrected chi connectivity index (χ2v) is 6.69. The molecule has 0 amide bonds. The molecule has 0 unspecified atom stereocenters. The van der Waals surface area contributed by atoms with E-state index in [-0.39, 0.29) is 5.75 Å². The summed E-state index contributed by atoms with van der Waals surface area (Å²) in [6, 6.07) is 9.13. The number of phenols is 1. The predicted molar refractivity (Wildman–Crippen MR) is 100 cm³/mol. The van der Waals surface area contributed by atoms with Gasteiger partial charge in [0.05, 0.1) is 12.1 Å². The minimum atomic E-state index is 0.189. The fraction of sp³-hybridized carbons (Fsp3) is 0.368. The molecule has 4 rings (SSSR count). The lowest BCUT2D eigenvalue weighted by Gasteiger charge is -2.34. The highest BCUT2D eigenvalue weighted by Crippen LogP contribution is 2.28. The van der Waals surface area contributed by atoms with Crippen molar-refractivity contribution in [2.45, 2.75) is 20.4 Å². The first kappa shape index (κ1) is 17.4. The Bertz CT molecular complexity index is 933. The topological polar surface area (TPSA) is 91.4 Å². The molecule has 1 N–H and O–H groups in total. The monoisotopic (exact) mass is 366 g/mol. The van der Waals surface area contributed by atoms with E-state index in [0.717, 1.165) is 37.7 Å². The Balaban J connectivity index is 1.47. The summed E-state index contributed by atoms with van der Waals surface area (Å²) in [6.07, 6.45) is 0. The Labute approximate surface area is 157 Å². The number of benzene rings is 1. The van der Waals surface area contributed by atoms with Crippen LogP contribution in [0.4, 0.5) is 5.82 Å². The predicted octanol–water partition coefficient (Wildman–Crippen LogP) is 2.17. The van der Waals surface area contributed by atoms with E-state index in [9.17, 15) is 5.11 Å². The van der Waals surface area contributed by atoms with Gasteiger partial charge in [-0.3, -0.25) is 4.90 Å². The maximum Gasteiger partial charge on any atom is 0.230 e. The average Bonchev–Trinajstić information content (AvgIpc) is 3.07. The van der Waals surface area contributed by atoms with Crippen LogP contribution in [0, 0.1) is 13.8 Å². The van der Waals surface area contributed by atoms with Gasteiger partial charge in [0.15, 0.2) is 5.82 Å². The van der Waals surface area contributed by atoms with Crippen molar-refractivity contribution in [3.63, 3.8) is 0 Å². The summed E-state index contributed by atoms with van der Waals surface area (Å²) in [4.78, 5) is 13.7. The first-order valence-corrected chi connectivity index (χ1v) is 8.99. The zero-order valence-corrected chi connectivity index (χ0v) is 15.5. The van der Waals surface area contributed by atoms with E-state index in [1.54, 1.807) is 19.1 Å². The lowest BCUT2D eigenvalue weighted by molar-refractivity contribution is 0.224. The van der Waals surface area contributed by atoms with Gasteiger partial charge in [0, 0.05) is 44.9 Å². The molecule has 1 aliphatic rings. The molecule has 0 spiro atoms. The number of nitrogens with zero attached hydrogens (tertiary/aromatic N) is 6. The summed E-state index contributed by atoms with van der Waals surface area (Å²) >= 11 is 0. The number of phenolic OH excluding ortho intramolecular Hbond substituents is 1. The molecule has 1 aliphatic heterocycles. The van der Waals surface area contributed by atoms with Crippen LogP contribution < -0.4 is 4.90 Å². The molecule has 0 bridgehead atoms. The van der Waals surface area contributed by atoms with Crippen LogP contribution in [-0.2, 0) is 6.54 Å². The molecule has 2 aromatic heterocycles. The number of aryl methyl sites for hydroxylation is 2. The summed E-state index contributed by atoms with van der Waals surface area (Å²) < 4.78 is 5.47. The van der Waals surface area contributed by atoms with Crippen LogP contribution >= 0.6 is 0 Å². The highest BCUT2D eigenvalue weighted by Gasteiger charge is 2.21. The van der Waals surface area contributed by atoms with Gasteiger partial charge in [-0.05, 0) is 19.1 Å². The van der Waals surface area contributed by atoms with Gasteiger partial charge in [0.1, 0.15) is 11.6 Å². The van der Waals surface area contributed by atoms with Gasteiger partial charge in [0.2, 0.25) is 11.8 Å². The molecule has 1 saturated heterocycles. The quantitative estimate of drug-likeness (QED) is 0.751. The van der Waals surface area contributed by atoms with Crippen LogP contribution in [0.3, 0.4) is 0 Å². The molecule has 3 aromatic rings. The number of rotatable bonds is 4. The molecular formula is C19H22N6O2. The van der Waals surface area contributed by atoms with Crippen LogP contribution in [0.1, 0.15) is 17.5 Å². The van der Waals surface area contributed by atoms with E-state index in [1.807, 2.05) is 25.1 Å². The zero-order valence-electron chi connectivity index (χ0n) is 15.5. The Hall–Kier alpha value is -3.00. The van der Waals surface area contributed by atoms with Crippen molar-refractivity contribution in [2.24, 2.45) is 0 Å². The average molecular weight is 366 g/mol. The number of hydrogen-bond donors (Lipinski definition) is 1. The normalized spacial score (nSPS) is 15.3. The molecule has 0 radical (unpaired) electrons. The van der Waals surface area contributed by atoms with Gasteiger partial charge >= 0.3 is 0 Å². The first-order valence-electron chi connectivity index (χ1n) is 8.99. The largest absolute Gasteiger partial charge is 0.507 e. The third-order valence-electron chi connectivity index (χ3n) is 4.61. The summed E-state index contributed by atoms with van der Waals surface area (Å²) in [6.45, 7) is 7.89. The van der Waals surface area contributed by atoms with Crippen LogP contribution in [0.5, 0.6) is 5.75 Å². The van der Waals surface area contributed by atoms with Gasteiger partial charge in [-0.15, -0.1) is 10.2 Å². The van der Waals surface area contributed by atoms with Crippen molar-refractivity contribution in [3.8, 4) is 17.1 Å². The molecule has 3 heterocycles. The van der Waals surface area contributed by atoms with Crippen molar-refractivity contribution >= 4 is 5.82 Å².